The molecule has 1 aromatic carbocycles. The minimum atomic E-state index is 0.304. The summed E-state index contributed by atoms with van der Waals surface area (Å²) < 4.78 is 0.304. The van der Waals surface area contributed by atoms with Gasteiger partial charge in [-0.3, -0.25) is 0 Å². The van der Waals surface area contributed by atoms with Crippen molar-refractivity contribution in [1.29, 1.82) is 0 Å². The predicted octanol–water partition coefficient (Wildman–Crippen LogP) is 2.63. The lowest BCUT2D eigenvalue weighted by Gasteiger charge is -2.13. The number of nitrogens with two attached hydrogens (primary N) is 1. The van der Waals surface area contributed by atoms with Crippen LogP contribution in [0.1, 0.15) is 5.56 Å². The molecule has 15 heavy (non-hydrogen) atoms. The Bertz CT molecular complexity index is 453. The monoisotopic (exact) mass is 233 g/mol. The summed E-state index contributed by atoms with van der Waals surface area (Å²) in [6.45, 7) is 0. The molecule has 2 saturated heterocycles. The molecule has 76 valence electrons. The number of anilines is 1. The molecule has 4 rings (SSSR count). The van der Waals surface area contributed by atoms with Gasteiger partial charge in [0.2, 0.25) is 0 Å². The van der Waals surface area contributed by atoms with Crippen molar-refractivity contribution in [3.8, 4) is 0 Å². The van der Waals surface area contributed by atoms with Gasteiger partial charge in [0, 0.05) is 21.4 Å². The quantitative estimate of drug-likeness (QED) is 0.459. The SMILES string of the molecule is Nc1ccc(C23C=CC4SC4C2S3)cc1. The minimum absolute atomic E-state index is 0.304. The Kier molecular flexibility index (Phi) is 1.48. The Morgan fingerprint density at radius 1 is 1.20 bits per heavy atom. The topological polar surface area (TPSA) is 26.0 Å². The average molecular weight is 233 g/mol. The standard InChI is InChI=1S/C12H11NS2/c13-8-3-1-7(2-4-8)12-6-5-9-10(14-9)11(12)15-12/h1-6,9-11H,13H2. The Hall–Kier alpha value is -0.540. The largest absolute Gasteiger partial charge is 0.399 e. The van der Waals surface area contributed by atoms with E-state index in [2.05, 4.69) is 47.8 Å². The van der Waals surface area contributed by atoms with Crippen LogP contribution in [0.5, 0.6) is 0 Å². The summed E-state index contributed by atoms with van der Waals surface area (Å²) in [5.41, 5.74) is 8.00. The van der Waals surface area contributed by atoms with Crippen LogP contribution >= 0.6 is 23.5 Å². The van der Waals surface area contributed by atoms with Gasteiger partial charge in [-0.1, -0.05) is 24.3 Å². The first-order valence-electron chi connectivity index (χ1n) is 5.18. The zero-order valence-corrected chi connectivity index (χ0v) is 9.72. The van der Waals surface area contributed by atoms with Crippen molar-refractivity contribution >= 4 is 29.2 Å². The summed E-state index contributed by atoms with van der Waals surface area (Å²) in [4.78, 5) is 0. The van der Waals surface area contributed by atoms with Gasteiger partial charge in [0.15, 0.2) is 0 Å². The van der Waals surface area contributed by atoms with E-state index in [4.69, 9.17) is 5.73 Å². The molecule has 0 radical (unpaired) electrons. The lowest BCUT2D eigenvalue weighted by atomic mass is 9.89. The van der Waals surface area contributed by atoms with E-state index in [-0.39, 0.29) is 0 Å². The molecule has 4 unspecified atom stereocenters. The summed E-state index contributed by atoms with van der Waals surface area (Å²) in [5.74, 6) is 0. The second-order valence-corrected chi connectivity index (χ2v) is 7.16. The van der Waals surface area contributed by atoms with Gasteiger partial charge in [-0.25, -0.2) is 0 Å². The molecule has 2 fully saturated rings. The van der Waals surface area contributed by atoms with Crippen LogP contribution < -0.4 is 5.73 Å². The van der Waals surface area contributed by atoms with Gasteiger partial charge in [-0.2, -0.15) is 0 Å². The normalized spacial score (nSPS) is 44.4. The molecule has 1 aromatic rings. The molecule has 0 amide bonds. The number of hydrogen-bond donors (Lipinski definition) is 1. The van der Waals surface area contributed by atoms with Crippen molar-refractivity contribution in [3.63, 3.8) is 0 Å². The molecular weight excluding hydrogens is 222 g/mol. The summed E-state index contributed by atoms with van der Waals surface area (Å²) in [5, 5.41) is 2.53. The number of fused-ring (bicyclic) bond motifs is 3. The number of hydrogen-bond acceptors (Lipinski definition) is 3. The lowest BCUT2D eigenvalue weighted by Crippen LogP contribution is -2.18. The number of nitrogen functional groups attached to an aromatic ring is 1. The maximum atomic E-state index is 5.72. The zero-order chi connectivity index (χ0) is 10.0. The van der Waals surface area contributed by atoms with E-state index in [0.29, 0.717) is 4.75 Å². The van der Waals surface area contributed by atoms with Crippen LogP contribution in [0.25, 0.3) is 0 Å². The Balaban J connectivity index is 1.76. The second-order valence-electron chi connectivity index (χ2n) is 4.38. The van der Waals surface area contributed by atoms with E-state index in [0.717, 1.165) is 21.4 Å². The molecule has 2 aliphatic heterocycles. The summed E-state index contributed by atoms with van der Waals surface area (Å²) in [7, 11) is 0. The number of rotatable bonds is 1. The molecule has 1 nitrogen and oxygen atoms in total. The van der Waals surface area contributed by atoms with Crippen LogP contribution in [-0.2, 0) is 4.75 Å². The smallest absolute Gasteiger partial charge is 0.0722 e. The molecule has 4 atom stereocenters. The zero-order valence-electron chi connectivity index (χ0n) is 8.09. The third kappa shape index (κ3) is 1.08. The molecule has 0 saturated carbocycles. The molecule has 0 spiro atoms. The van der Waals surface area contributed by atoms with Crippen molar-refractivity contribution in [2.75, 3.05) is 5.73 Å². The highest BCUT2D eigenvalue weighted by Crippen LogP contribution is 2.73. The van der Waals surface area contributed by atoms with E-state index in [1.807, 2.05) is 12.1 Å². The van der Waals surface area contributed by atoms with Gasteiger partial charge < -0.3 is 5.73 Å². The van der Waals surface area contributed by atoms with Crippen molar-refractivity contribution < 1.29 is 0 Å². The third-order valence-electron chi connectivity index (χ3n) is 3.44. The van der Waals surface area contributed by atoms with E-state index in [9.17, 15) is 0 Å². The Labute approximate surface area is 97.5 Å². The maximum absolute atomic E-state index is 5.72. The van der Waals surface area contributed by atoms with E-state index in [1.165, 1.54) is 5.56 Å². The van der Waals surface area contributed by atoms with E-state index < -0.39 is 0 Å². The molecule has 2 N–H and O–H groups in total. The van der Waals surface area contributed by atoms with Crippen molar-refractivity contribution in [2.45, 2.75) is 20.5 Å². The van der Waals surface area contributed by atoms with Gasteiger partial charge in [-0.15, -0.1) is 23.5 Å². The van der Waals surface area contributed by atoms with Crippen LogP contribution in [0, 0.1) is 0 Å². The highest BCUT2D eigenvalue weighted by Gasteiger charge is 2.66. The fraction of sp³-hybridized carbons (Fsp3) is 0.333. The summed E-state index contributed by atoms with van der Waals surface area (Å²) in [6.07, 6.45) is 4.80. The molecular formula is C12H11NS2. The van der Waals surface area contributed by atoms with Gasteiger partial charge >= 0.3 is 0 Å². The van der Waals surface area contributed by atoms with Gasteiger partial charge in [0.05, 0.1) is 4.75 Å². The summed E-state index contributed by atoms with van der Waals surface area (Å²) in [6, 6.07) is 8.39. The molecule has 3 aliphatic rings. The van der Waals surface area contributed by atoms with Crippen LogP contribution in [0.15, 0.2) is 36.4 Å². The fourth-order valence-corrected chi connectivity index (χ4v) is 5.50. The van der Waals surface area contributed by atoms with Crippen LogP contribution in [0.3, 0.4) is 0 Å². The van der Waals surface area contributed by atoms with Crippen LogP contribution in [-0.4, -0.2) is 15.7 Å². The highest BCUT2D eigenvalue weighted by atomic mass is 32.2. The molecule has 2 heterocycles. The fourth-order valence-electron chi connectivity index (χ4n) is 2.47. The van der Waals surface area contributed by atoms with Crippen LogP contribution in [0.4, 0.5) is 5.69 Å². The second kappa shape index (κ2) is 2.58. The highest BCUT2D eigenvalue weighted by molar-refractivity contribution is 8.13. The first-order chi connectivity index (χ1) is 7.29. The maximum Gasteiger partial charge on any atom is 0.0722 e. The first-order valence-corrected chi connectivity index (χ1v) is 7.00. The molecule has 0 aromatic heterocycles. The van der Waals surface area contributed by atoms with Gasteiger partial charge in [0.25, 0.3) is 0 Å². The van der Waals surface area contributed by atoms with Crippen molar-refractivity contribution in [2.24, 2.45) is 0 Å². The van der Waals surface area contributed by atoms with Crippen LogP contribution in [0.2, 0.25) is 0 Å². The molecule has 3 heteroatoms. The van der Waals surface area contributed by atoms with Crippen molar-refractivity contribution in [1.82, 2.24) is 0 Å². The first kappa shape index (κ1) is 8.59. The van der Waals surface area contributed by atoms with Crippen molar-refractivity contribution in [3.05, 3.63) is 42.0 Å². The third-order valence-corrected chi connectivity index (χ3v) is 6.63. The Morgan fingerprint density at radius 2 is 2.00 bits per heavy atom. The number of benzene rings is 1. The minimum Gasteiger partial charge on any atom is -0.399 e. The van der Waals surface area contributed by atoms with E-state index in [1.54, 1.807) is 0 Å². The molecule has 0 bridgehead atoms. The Morgan fingerprint density at radius 3 is 2.80 bits per heavy atom. The van der Waals surface area contributed by atoms with Gasteiger partial charge in [-0.05, 0) is 17.7 Å². The summed E-state index contributed by atoms with van der Waals surface area (Å²) >= 11 is 4.22. The predicted molar refractivity (Wildman–Crippen MR) is 68.2 cm³/mol. The lowest BCUT2D eigenvalue weighted by molar-refractivity contribution is 0.778. The number of thioether (sulfide) groups is 2. The average Bonchev–Trinajstić information content (AvgIpc) is 3.11. The molecule has 1 aliphatic carbocycles. The van der Waals surface area contributed by atoms with E-state index >= 15 is 0 Å². The van der Waals surface area contributed by atoms with Gasteiger partial charge in [0.1, 0.15) is 0 Å².